The molecule has 0 radical (unpaired) electrons. The molecular weight excluding hydrogens is 308 g/mol. The molecule has 1 aromatic carbocycles. The van der Waals surface area contributed by atoms with Gasteiger partial charge in [0.25, 0.3) is 5.69 Å². The van der Waals surface area contributed by atoms with E-state index in [1.54, 1.807) is 13.8 Å². The van der Waals surface area contributed by atoms with Gasteiger partial charge in [-0.2, -0.15) is 0 Å². The normalized spacial score (nSPS) is 11.6. The van der Waals surface area contributed by atoms with Crippen LogP contribution in [-0.2, 0) is 14.8 Å². The molecule has 0 fully saturated rings. The van der Waals surface area contributed by atoms with Crippen LogP contribution in [0.25, 0.3) is 0 Å². The number of hydrogen-bond acceptors (Lipinski definition) is 5. The number of nitro groups is 1. The van der Waals surface area contributed by atoms with E-state index in [2.05, 4.69) is 4.72 Å². The maximum absolute atomic E-state index is 11.9. The Morgan fingerprint density at radius 3 is 2.55 bits per heavy atom. The molecule has 110 valence electrons. The van der Waals surface area contributed by atoms with Crippen molar-refractivity contribution in [2.24, 2.45) is 5.92 Å². The summed E-state index contributed by atoms with van der Waals surface area (Å²) in [5.41, 5.74) is -0.510. The van der Waals surface area contributed by atoms with Gasteiger partial charge in [0.05, 0.1) is 16.4 Å². The van der Waals surface area contributed by atoms with E-state index >= 15 is 0 Å². The summed E-state index contributed by atoms with van der Waals surface area (Å²) in [4.78, 5) is 21.0. The Morgan fingerprint density at radius 1 is 1.45 bits per heavy atom. The average Bonchev–Trinajstić information content (AvgIpc) is 2.35. The van der Waals surface area contributed by atoms with Crippen molar-refractivity contribution in [3.05, 3.63) is 33.3 Å². The molecule has 0 atom stereocenters. The van der Waals surface area contributed by atoms with Crippen molar-refractivity contribution in [3.63, 3.8) is 0 Å². The summed E-state index contributed by atoms with van der Waals surface area (Å²) < 4.78 is 25.9. The van der Waals surface area contributed by atoms with Crippen molar-refractivity contribution < 1.29 is 18.1 Å². The zero-order valence-electron chi connectivity index (χ0n) is 10.8. The molecule has 0 amide bonds. The van der Waals surface area contributed by atoms with Gasteiger partial charge in [-0.15, -0.1) is 0 Å². The first-order chi connectivity index (χ1) is 9.15. The number of nitrogens with zero attached hydrogens (tertiary/aromatic N) is 1. The molecule has 0 aliphatic carbocycles. The van der Waals surface area contributed by atoms with Gasteiger partial charge in [0.1, 0.15) is 10.8 Å². The van der Waals surface area contributed by atoms with Crippen LogP contribution in [0.1, 0.15) is 13.8 Å². The molecule has 0 saturated carbocycles. The van der Waals surface area contributed by atoms with Crippen molar-refractivity contribution in [2.45, 2.75) is 18.7 Å². The standard InChI is InChI=1S/C11H13ClN2O5S/c1-7(2)11(15)6-13-20(18,19)8-3-4-9(12)10(5-8)14(16)17/h3-5,7,13H,6H2,1-2H3. The molecule has 0 heterocycles. The van der Waals surface area contributed by atoms with Crippen molar-refractivity contribution in [1.29, 1.82) is 0 Å². The van der Waals surface area contributed by atoms with Gasteiger partial charge in [-0.25, -0.2) is 13.1 Å². The summed E-state index contributed by atoms with van der Waals surface area (Å²) in [5, 5.41) is 10.5. The van der Waals surface area contributed by atoms with Crippen molar-refractivity contribution in [1.82, 2.24) is 4.72 Å². The number of benzene rings is 1. The van der Waals surface area contributed by atoms with Crippen LogP contribution in [0.15, 0.2) is 23.1 Å². The predicted molar refractivity (Wildman–Crippen MR) is 73.1 cm³/mol. The van der Waals surface area contributed by atoms with E-state index in [-0.39, 0.29) is 28.2 Å². The van der Waals surface area contributed by atoms with E-state index in [0.717, 1.165) is 18.2 Å². The summed E-state index contributed by atoms with van der Waals surface area (Å²) in [6, 6.07) is 3.11. The summed E-state index contributed by atoms with van der Waals surface area (Å²) in [7, 11) is -4.00. The van der Waals surface area contributed by atoms with E-state index in [1.807, 2.05) is 0 Å². The lowest BCUT2D eigenvalue weighted by atomic mass is 10.1. The van der Waals surface area contributed by atoms with Crippen LogP contribution in [0.3, 0.4) is 0 Å². The average molecular weight is 321 g/mol. The van der Waals surface area contributed by atoms with Crippen LogP contribution in [0.2, 0.25) is 5.02 Å². The quantitative estimate of drug-likeness (QED) is 0.634. The van der Waals surface area contributed by atoms with Crippen LogP contribution >= 0.6 is 11.6 Å². The van der Waals surface area contributed by atoms with E-state index < -0.39 is 20.6 Å². The molecule has 9 heteroatoms. The highest BCUT2D eigenvalue weighted by atomic mass is 35.5. The minimum Gasteiger partial charge on any atom is -0.298 e. The second-order valence-corrected chi connectivity index (χ2v) is 6.49. The summed E-state index contributed by atoms with van der Waals surface area (Å²) in [6.45, 7) is 2.92. The molecule has 7 nitrogen and oxygen atoms in total. The van der Waals surface area contributed by atoms with Crippen LogP contribution in [0, 0.1) is 16.0 Å². The maximum atomic E-state index is 11.9. The first kappa shape index (κ1) is 16.5. The Bertz CT molecular complexity index is 642. The fourth-order valence-electron chi connectivity index (χ4n) is 1.25. The number of nitrogens with one attached hydrogen (secondary N) is 1. The lowest BCUT2D eigenvalue weighted by Crippen LogP contribution is -2.31. The molecule has 0 saturated heterocycles. The third-order valence-electron chi connectivity index (χ3n) is 2.50. The zero-order chi connectivity index (χ0) is 15.5. The number of carbonyl (C=O) groups is 1. The van der Waals surface area contributed by atoms with Gasteiger partial charge in [0, 0.05) is 12.0 Å². The van der Waals surface area contributed by atoms with Crippen LogP contribution in [0.5, 0.6) is 0 Å². The number of rotatable bonds is 6. The number of sulfonamides is 1. The van der Waals surface area contributed by atoms with E-state index in [9.17, 15) is 23.3 Å². The number of Topliss-reactive ketones (excluding diaryl/α,β-unsaturated/α-hetero) is 1. The second kappa shape index (κ2) is 6.29. The topological polar surface area (TPSA) is 106 Å². The Morgan fingerprint density at radius 2 is 2.05 bits per heavy atom. The fraction of sp³-hybridized carbons (Fsp3) is 0.364. The summed E-state index contributed by atoms with van der Waals surface area (Å²) in [5.74, 6) is -0.589. The third-order valence-corrected chi connectivity index (χ3v) is 4.22. The molecule has 0 aromatic heterocycles. The minimum absolute atomic E-state index is 0.160. The number of carbonyl (C=O) groups excluding carboxylic acids is 1. The largest absolute Gasteiger partial charge is 0.298 e. The highest BCUT2D eigenvalue weighted by Crippen LogP contribution is 2.26. The third kappa shape index (κ3) is 3.99. The SMILES string of the molecule is CC(C)C(=O)CNS(=O)(=O)c1ccc(Cl)c([N+](=O)[O-])c1. The van der Waals surface area contributed by atoms with Crippen molar-refractivity contribution in [3.8, 4) is 0 Å². The Kier molecular flexibility index (Phi) is 5.21. The molecular formula is C11H13ClN2O5S. The van der Waals surface area contributed by atoms with Gasteiger partial charge in [-0.3, -0.25) is 14.9 Å². The number of halogens is 1. The van der Waals surface area contributed by atoms with Crippen molar-refractivity contribution in [2.75, 3.05) is 6.54 Å². The molecule has 1 N–H and O–H groups in total. The molecule has 0 aliphatic rings. The minimum atomic E-state index is -4.00. The molecule has 0 bridgehead atoms. The predicted octanol–water partition coefficient (Wildman–Crippen LogP) is 1.75. The molecule has 1 rings (SSSR count). The molecule has 0 spiro atoms. The lowest BCUT2D eigenvalue weighted by molar-refractivity contribution is -0.384. The van der Waals surface area contributed by atoms with Gasteiger partial charge in [0.15, 0.2) is 0 Å². The summed E-state index contributed by atoms with van der Waals surface area (Å²) >= 11 is 5.60. The maximum Gasteiger partial charge on any atom is 0.289 e. The first-order valence-electron chi connectivity index (χ1n) is 5.61. The van der Waals surface area contributed by atoms with Gasteiger partial charge in [-0.05, 0) is 12.1 Å². The lowest BCUT2D eigenvalue weighted by Gasteiger charge is -2.08. The van der Waals surface area contributed by atoms with Crippen LogP contribution < -0.4 is 4.72 Å². The van der Waals surface area contributed by atoms with Crippen molar-refractivity contribution >= 4 is 33.1 Å². The number of hydrogen-bond donors (Lipinski definition) is 1. The van der Waals surface area contributed by atoms with Gasteiger partial charge in [0.2, 0.25) is 10.0 Å². The highest BCUT2D eigenvalue weighted by Gasteiger charge is 2.21. The van der Waals surface area contributed by atoms with Crippen LogP contribution in [0.4, 0.5) is 5.69 Å². The Hall–Kier alpha value is -1.51. The number of nitro benzene ring substituents is 1. The molecule has 1 aromatic rings. The second-order valence-electron chi connectivity index (χ2n) is 4.32. The smallest absolute Gasteiger partial charge is 0.289 e. The molecule has 20 heavy (non-hydrogen) atoms. The van der Waals surface area contributed by atoms with E-state index in [0.29, 0.717) is 0 Å². The van der Waals surface area contributed by atoms with Crippen LogP contribution in [-0.4, -0.2) is 25.7 Å². The monoisotopic (exact) mass is 320 g/mol. The molecule has 0 aliphatic heterocycles. The van der Waals surface area contributed by atoms with Gasteiger partial charge < -0.3 is 0 Å². The summed E-state index contributed by atoms with van der Waals surface area (Å²) in [6.07, 6.45) is 0. The first-order valence-corrected chi connectivity index (χ1v) is 7.47. The Balaban J connectivity index is 3.02. The van der Waals surface area contributed by atoms with Gasteiger partial charge in [-0.1, -0.05) is 25.4 Å². The van der Waals surface area contributed by atoms with Gasteiger partial charge >= 0.3 is 0 Å². The molecule has 0 unspecified atom stereocenters. The fourth-order valence-corrected chi connectivity index (χ4v) is 2.45. The van der Waals surface area contributed by atoms with E-state index in [1.165, 1.54) is 0 Å². The zero-order valence-corrected chi connectivity index (χ0v) is 12.4. The number of ketones is 1. The van der Waals surface area contributed by atoms with E-state index in [4.69, 9.17) is 11.6 Å². The Labute approximate surface area is 121 Å². The highest BCUT2D eigenvalue weighted by molar-refractivity contribution is 7.89.